The fourth-order valence-corrected chi connectivity index (χ4v) is 5.25. The van der Waals surface area contributed by atoms with Gasteiger partial charge in [0.1, 0.15) is 11.5 Å². The molecule has 0 aromatic rings. The fourth-order valence-electron chi connectivity index (χ4n) is 4.55. The van der Waals surface area contributed by atoms with Crippen LogP contribution in [-0.2, 0) is 14.4 Å². The normalized spacial score (nSPS) is 40.1. The number of hydrogen-bond acceptors (Lipinski definition) is 3. The Bertz CT molecular complexity index is 551. The Morgan fingerprint density at radius 1 is 1.16 bits per heavy atom. The van der Waals surface area contributed by atoms with E-state index < -0.39 is 28.2 Å². The van der Waals surface area contributed by atoms with E-state index in [9.17, 15) is 18.8 Å². The van der Waals surface area contributed by atoms with Crippen LogP contribution in [0.15, 0.2) is 0 Å². The summed E-state index contributed by atoms with van der Waals surface area (Å²) < 4.78 is 14.7. The average Bonchev–Trinajstić information content (AvgIpc) is 2.82. The number of rotatable bonds is 4. The first-order chi connectivity index (χ1) is 11.8. The summed E-state index contributed by atoms with van der Waals surface area (Å²) in [4.78, 5) is 37.8. The SMILES string of the molecule is O=C(Cl)C(Cl)CC1CC(N2C(=O)C3CCCCC3C2=O)C(F)CC1Cl. The van der Waals surface area contributed by atoms with Crippen molar-refractivity contribution in [2.45, 2.75) is 67.9 Å². The van der Waals surface area contributed by atoms with Gasteiger partial charge in [-0.25, -0.2) is 4.39 Å². The molecule has 7 unspecified atom stereocenters. The molecule has 2 saturated carbocycles. The van der Waals surface area contributed by atoms with Crippen LogP contribution in [0.5, 0.6) is 0 Å². The average molecular weight is 413 g/mol. The van der Waals surface area contributed by atoms with E-state index in [0.29, 0.717) is 12.8 Å². The highest BCUT2D eigenvalue weighted by molar-refractivity contribution is 6.69. The van der Waals surface area contributed by atoms with Gasteiger partial charge in [0.2, 0.25) is 17.1 Å². The number of fused-ring (bicyclic) bond motifs is 1. The van der Waals surface area contributed by atoms with Crippen LogP contribution in [0.3, 0.4) is 0 Å². The lowest BCUT2D eigenvalue weighted by Crippen LogP contribution is -2.51. The largest absolute Gasteiger partial charge is 0.280 e. The monoisotopic (exact) mass is 411 g/mol. The molecule has 3 rings (SSSR count). The molecule has 0 aromatic heterocycles. The summed E-state index contributed by atoms with van der Waals surface area (Å²) in [6, 6.07) is -0.820. The summed E-state index contributed by atoms with van der Waals surface area (Å²) in [5, 5.41) is -2.08. The zero-order valence-corrected chi connectivity index (χ0v) is 15.9. The molecule has 8 heteroatoms. The summed E-state index contributed by atoms with van der Waals surface area (Å²) in [6.07, 6.45) is 2.36. The molecular formula is C17H21Cl3FNO3. The van der Waals surface area contributed by atoms with Gasteiger partial charge in [-0.05, 0) is 49.6 Å². The molecule has 3 aliphatic rings. The van der Waals surface area contributed by atoms with Crippen LogP contribution in [0.4, 0.5) is 4.39 Å². The predicted octanol–water partition coefficient (Wildman–Crippen LogP) is 3.65. The van der Waals surface area contributed by atoms with Gasteiger partial charge in [-0.15, -0.1) is 23.2 Å². The Morgan fingerprint density at radius 3 is 2.24 bits per heavy atom. The van der Waals surface area contributed by atoms with Crippen LogP contribution < -0.4 is 0 Å². The van der Waals surface area contributed by atoms with Gasteiger partial charge in [-0.3, -0.25) is 19.3 Å². The van der Waals surface area contributed by atoms with Gasteiger partial charge in [0.25, 0.3) is 0 Å². The zero-order chi connectivity index (χ0) is 18.3. The van der Waals surface area contributed by atoms with Crippen LogP contribution in [0.2, 0.25) is 0 Å². The molecule has 4 nitrogen and oxygen atoms in total. The molecule has 2 aliphatic carbocycles. The van der Waals surface area contributed by atoms with Gasteiger partial charge in [0.15, 0.2) is 0 Å². The highest BCUT2D eigenvalue weighted by atomic mass is 35.5. The molecule has 1 saturated heterocycles. The molecule has 0 spiro atoms. The maximum Gasteiger partial charge on any atom is 0.239 e. The van der Waals surface area contributed by atoms with Crippen molar-refractivity contribution in [3.63, 3.8) is 0 Å². The lowest BCUT2D eigenvalue weighted by molar-refractivity contribution is -0.146. The number of imide groups is 1. The smallest absolute Gasteiger partial charge is 0.239 e. The number of carbonyl (C=O) groups excluding carboxylic acids is 3. The topological polar surface area (TPSA) is 54.5 Å². The first kappa shape index (κ1) is 19.4. The Labute approximate surface area is 161 Å². The predicted molar refractivity (Wildman–Crippen MR) is 93.5 cm³/mol. The highest BCUT2D eigenvalue weighted by Gasteiger charge is 2.53. The van der Waals surface area contributed by atoms with Gasteiger partial charge in [0, 0.05) is 5.38 Å². The van der Waals surface area contributed by atoms with Gasteiger partial charge < -0.3 is 0 Å². The van der Waals surface area contributed by atoms with Crippen molar-refractivity contribution in [1.82, 2.24) is 4.90 Å². The van der Waals surface area contributed by atoms with E-state index in [2.05, 4.69) is 0 Å². The van der Waals surface area contributed by atoms with Crippen molar-refractivity contribution in [1.29, 1.82) is 0 Å². The van der Waals surface area contributed by atoms with Crippen molar-refractivity contribution in [2.24, 2.45) is 17.8 Å². The number of likely N-dealkylation sites (tertiary alicyclic amines) is 1. The van der Waals surface area contributed by atoms with Crippen molar-refractivity contribution < 1.29 is 18.8 Å². The lowest BCUT2D eigenvalue weighted by atomic mass is 9.80. The second-order valence-electron chi connectivity index (χ2n) is 7.38. The first-order valence-electron chi connectivity index (χ1n) is 8.79. The molecule has 1 aliphatic heterocycles. The Kier molecular flexibility index (Phi) is 5.96. The first-order valence-corrected chi connectivity index (χ1v) is 10.0. The van der Waals surface area contributed by atoms with Crippen molar-refractivity contribution in [3.05, 3.63) is 0 Å². The Morgan fingerprint density at radius 2 is 1.72 bits per heavy atom. The van der Waals surface area contributed by atoms with Crippen LogP contribution in [0, 0.1) is 17.8 Å². The molecule has 0 radical (unpaired) electrons. The highest BCUT2D eigenvalue weighted by Crippen LogP contribution is 2.43. The zero-order valence-electron chi connectivity index (χ0n) is 13.7. The van der Waals surface area contributed by atoms with E-state index in [1.54, 1.807) is 0 Å². The van der Waals surface area contributed by atoms with E-state index in [-0.39, 0.29) is 48.8 Å². The van der Waals surface area contributed by atoms with Gasteiger partial charge in [-0.1, -0.05) is 12.8 Å². The van der Waals surface area contributed by atoms with E-state index >= 15 is 0 Å². The Balaban J connectivity index is 1.77. The van der Waals surface area contributed by atoms with E-state index in [1.165, 1.54) is 0 Å². The lowest BCUT2D eigenvalue weighted by Gasteiger charge is -2.39. The third-order valence-corrected chi connectivity index (χ3v) is 7.17. The summed E-state index contributed by atoms with van der Waals surface area (Å²) in [5.74, 6) is -1.36. The Hall–Kier alpha value is -0.390. The molecule has 7 atom stereocenters. The van der Waals surface area contributed by atoms with Gasteiger partial charge >= 0.3 is 0 Å². The second kappa shape index (κ2) is 7.69. The minimum atomic E-state index is -1.35. The van der Waals surface area contributed by atoms with Gasteiger partial charge in [0.05, 0.1) is 17.9 Å². The van der Waals surface area contributed by atoms with Crippen LogP contribution in [0.1, 0.15) is 44.9 Å². The standard InChI is InChI=1S/C17H21Cl3FNO3/c18-11-7-13(21)14(6-8(11)5-12(19)15(20)23)22-16(24)9-3-1-2-4-10(9)17(22)25/h8-14H,1-7H2. The molecule has 0 bridgehead atoms. The van der Waals surface area contributed by atoms with E-state index in [1.807, 2.05) is 0 Å². The molecule has 1 heterocycles. The maximum absolute atomic E-state index is 14.7. The molecular weight excluding hydrogens is 392 g/mol. The summed E-state index contributed by atoms with van der Waals surface area (Å²) in [5.41, 5.74) is 0. The quantitative estimate of drug-likeness (QED) is 0.402. The molecule has 0 aromatic carbocycles. The number of nitrogens with zero attached hydrogens (tertiary/aromatic N) is 1. The van der Waals surface area contributed by atoms with Crippen LogP contribution in [0.25, 0.3) is 0 Å². The minimum absolute atomic E-state index is 0.0311. The summed E-state index contributed by atoms with van der Waals surface area (Å²) in [7, 11) is 0. The number of alkyl halides is 3. The van der Waals surface area contributed by atoms with Crippen molar-refractivity contribution in [3.8, 4) is 0 Å². The maximum atomic E-state index is 14.7. The molecule has 0 N–H and O–H groups in total. The van der Waals surface area contributed by atoms with Crippen LogP contribution in [-0.4, -0.2) is 44.9 Å². The minimum Gasteiger partial charge on any atom is -0.280 e. The number of amides is 2. The number of halogens is 4. The number of carbonyl (C=O) groups is 3. The molecule has 25 heavy (non-hydrogen) atoms. The third kappa shape index (κ3) is 3.70. The van der Waals surface area contributed by atoms with Crippen LogP contribution >= 0.6 is 34.8 Å². The van der Waals surface area contributed by atoms with Crippen molar-refractivity contribution >= 4 is 51.9 Å². The molecule has 3 fully saturated rings. The molecule has 2 amide bonds. The van der Waals surface area contributed by atoms with Crippen molar-refractivity contribution in [2.75, 3.05) is 0 Å². The number of hydrogen-bond donors (Lipinski definition) is 0. The second-order valence-corrected chi connectivity index (χ2v) is 8.84. The third-order valence-electron chi connectivity index (χ3n) is 5.89. The van der Waals surface area contributed by atoms with E-state index in [0.717, 1.165) is 17.7 Å². The molecule has 140 valence electrons. The fraction of sp³-hybridized carbons (Fsp3) is 0.824. The summed E-state index contributed by atoms with van der Waals surface area (Å²) >= 11 is 17.6. The summed E-state index contributed by atoms with van der Waals surface area (Å²) in [6.45, 7) is 0. The van der Waals surface area contributed by atoms with Gasteiger partial charge in [-0.2, -0.15) is 0 Å². The van der Waals surface area contributed by atoms with E-state index in [4.69, 9.17) is 34.8 Å².